The normalized spacial score (nSPS) is 24.0. The van der Waals surface area contributed by atoms with Crippen molar-refractivity contribution in [3.05, 3.63) is 29.8 Å². The first kappa shape index (κ1) is 16.1. The van der Waals surface area contributed by atoms with E-state index in [4.69, 9.17) is 0 Å². The highest BCUT2D eigenvalue weighted by Gasteiger charge is 2.31. The van der Waals surface area contributed by atoms with Gasteiger partial charge in [0.25, 0.3) is 0 Å². The van der Waals surface area contributed by atoms with E-state index in [2.05, 4.69) is 4.74 Å². The van der Waals surface area contributed by atoms with Crippen LogP contribution in [-0.4, -0.2) is 46.8 Å². The smallest absolute Gasteiger partial charge is 0.406 e. The van der Waals surface area contributed by atoms with Crippen molar-refractivity contribution >= 4 is 0 Å². The first-order valence-corrected chi connectivity index (χ1v) is 6.75. The molecule has 0 bridgehead atoms. The van der Waals surface area contributed by atoms with Crippen LogP contribution in [0, 0.1) is 0 Å². The Morgan fingerprint density at radius 1 is 1.24 bits per heavy atom. The van der Waals surface area contributed by atoms with Crippen LogP contribution in [-0.2, 0) is 6.54 Å². The van der Waals surface area contributed by atoms with Crippen molar-refractivity contribution < 1.29 is 28.1 Å². The SMILES string of the molecule is OCC1CC(O)CCN1Cc1ccc(OC(F)(F)F)cc1. The molecule has 1 fully saturated rings. The van der Waals surface area contributed by atoms with Crippen LogP contribution in [0.15, 0.2) is 24.3 Å². The molecule has 0 amide bonds. The van der Waals surface area contributed by atoms with Gasteiger partial charge in [-0.3, -0.25) is 4.90 Å². The van der Waals surface area contributed by atoms with E-state index in [1.54, 1.807) is 12.1 Å². The molecule has 1 aliphatic heterocycles. The number of nitrogens with zero attached hydrogens (tertiary/aromatic N) is 1. The van der Waals surface area contributed by atoms with Crippen molar-refractivity contribution in [2.24, 2.45) is 0 Å². The molecular weight excluding hydrogens is 287 g/mol. The van der Waals surface area contributed by atoms with Gasteiger partial charge < -0.3 is 14.9 Å². The molecule has 2 atom stereocenters. The van der Waals surface area contributed by atoms with Gasteiger partial charge in [-0.1, -0.05) is 12.1 Å². The number of hydrogen-bond donors (Lipinski definition) is 2. The second kappa shape index (κ2) is 6.64. The summed E-state index contributed by atoms with van der Waals surface area (Å²) in [5.41, 5.74) is 0.833. The largest absolute Gasteiger partial charge is 0.573 e. The lowest BCUT2D eigenvalue weighted by Crippen LogP contribution is -2.45. The number of benzene rings is 1. The Morgan fingerprint density at radius 3 is 2.48 bits per heavy atom. The molecule has 21 heavy (non-hydrogen) atoms. The zero-order chi connectivity index (χ0) is 15.5. The average Bonchev–Trinajstić information content (AvgIpc) is 2.41. The second-order valence-corrected chi connectivity index (χ2v) is 5.18. The second-order valence-electron chi connectivity index (χ2n) is 5.18. The molecule has 1 saturated heterocycles. The highest BCUT2D eigenvalue weighted by Crippen LogP contribution is 2.24. The monoisotopic (exact) mass is 305 g/mol. The minimum absolute atomic E-state index is 0.0493. The van der Waals surface area contributed by atoms with Crippen LogP contribution >= 0.6 is 0 Å². The minimum atomic E-state index is -4.69. The van der Waals surface area contributed by atoms with E-state index in [1.165, 1.54) is 12.1 Å². The van der Waals surface area contributed by atoms with E-state index in [0.717, 1.165) is 5.56 Å². The summed E-state index contributed by atoms with van der Waals surface area (Å²) in [6.45, 7) is 1.11. The molecule has 118 valence electrons. The van der Waals surface area contributed by atoms with E-state index in [9.17, 15) is 23.4 Å². The van der Waals surface area contributed by atoms with Gasteiger partial charge in [0.2, 0.25) is 0 Å². The maximum atomic E-state index is 12.1. The molecule has 1 aliphatic rings. The predicted octanol–water partition coefficient (Wildman–Crippen LogP) is 1.90. The van der Waals surface area contributed by atoms with Crippen molar-refractivity contribution in [3.63, 3.8) is 0 Å². The fourth-order valence-electron chi connectivity index (χ4n) is 2.51. The van der Waals surface area contributed by atoms with Gasteiger partial charge in [-0.25, -0.2) is 0 Å². The molecule has 0 aromatic heterocycles. The predicted molar refractivity (Wildman–Crippen MR) is 69.6 cm³/mol. The van der Waals surface area contributed by atoms with Crippen molar-refractivity contribution in [1.29, 1.82) is 0 Å². The summed E-state index contributed by atoms with van der Waals surface area (Å²) >= 11 is 0. The number of piperidine rings is 1. The number of alkyl halides is 3. The number of likely N-dealkylation sites (tertiary alicyclic amines) is 1. The molecule has 2 N–H and O–H groups in total. The third kappa shape index (κ3) is 4.87. The average molecular weight is 305 g/mol. The number of hydrogen-bond acceptors (Lipinski definition) is 4. The van der Waals surface area contributed by atoms with Gasteiger partial charge in [0, 0.05) is 19.1 Å². The molecule has 2 rings (SSSR count). The molecule has 4 nitrogen and oxygen atoms in total. The number of aliphatic hydroxyl groups is 2. The lowest BCUT2D eigenvalue weighted by molar-refractivity contribution is -0.274. The van der Waals surface area contributed by atoms with Crippen molar-refractivity contribution in [2.75, 3.05) is 13.2 Å². The van der Waals surface area contributed by atoms with Crippen LogP contribution in [0.3, 0.4) is 0 Å². The van der Waals surface area contributed by atoms with Crippen LogP contribution < -0.4 is 4.74 Å². The van der Waals surface area contributed by atoms with Crippen LogP contribution in [0.25, 0.3) is 0 Å². The highest BCUT2D eigenvalue weighted by molar-refractivity contribution is 5.27. The lowest BCUT2D eigenvalue weighted by Gasteiger charge is -2.36. The Labute approximate surface area is 120 Å². The third-order valence-corrected chi connectivity index (χ3v) is 3.56. The molecule has 1 heterocycles. The first-order valence-electron chi connectivity index (χ1n) is 6.75. The molecule has 0 saturated carbocycles. The highest BCUT2D eigenvalue weighted by atomic mass is 19.4. The quantitative estimate of drug-likeness (QED) is 0.892. The van der Waals surface area contributed by atoms with E-state index in [0.29, 0.717) is 25.9 Å². The molecule has 0 radical (unpaired) electrons. The van der Waals surface area contributed by atoms with Crippen molar-refractivity contribution in [1.82, 2.24) is 4.90 Å². The fraction of sp³-hybridized carbons (Fsp3) is 0.571. The molecular formula is C14H18F3NO3. The number of ether oxygens (including phenoxy) is 1. The molecule has 2 unspecified atom stereocenters. The lowest BCUT2D eigenvalue weighted by atomic mass is 9.99. The Kier molecular flexibility index (Phi) is 5.08. The van der Waals surface area contributed by atoms with Gasteiger partial charge in [0.05, 0.1) is 12.7 Å². The van der Waals surface area contributed by atoms with Gasteiger partial charge in [-0.15, -0.1) is 13.2 Å². The summed E-state index contributed by atoms with van der Waals surface area (Å²) in [6.07, 6.45) is -3.95. The van der Waals surface area contributed by atoms with Crippen molar-refractivity contribution in [3.8, 4) is 5.75 Å². The molecule has 7 heteroatoms. The van der Waals surface area contributed by atoms with Crippen LogP contribution in [0.4, 0.5) is 13.2 Å². The van der Waals surface area contributed by atoms with E-state index >= 15 is 0 Å². The van der Waals surface area contributed by atoms with Gasteiger partial charge in [0.1, 0.15) is 5.75 Å². The fourth-order valence-corrected chi connectivity index (χ4v) is 2.51. The van der Waals surface area contributed by atoms with E-state index in [1.807, 2.05) is 4.90 Å². The zero-order valence-corrected chi connectivity index (χ0v) is 11.4. The third-order valence-electron chi connectivity index (χ3n) is 3.56. The summed E-state index contributed by atoms with van der Waals surface area (Å²) < 4.78 is 40.0. The van der Waals surface area contributed by atoms with Gasteiger partial charge in [-0.2, -0.15) is 0 Å². The van der Waals surface area contributed by atoms with E-state index in [-0.39, 0.29) is 18.4 Å². The Bertz CT molecular complexity index is 450. The van der Waals surface area contributed by atoms with Crippen LogP contribution in [0.5, 0.6) is 5.75 Å². The Hall–Kier alpha value is -1.31. The Morgan fingerprint density at radius 2 is 1.90 bits per heavy atom. The molecule has 0 aliphatic carbocycles. The molecule has 0 spiro atoms. The maximum Gasteiger partial charge on any atom is 0.573 e. The number of aliphatic hydroxyl groups excluding tert-OH is 2. The zero-order valence-electron chi connectivity index (χ0n) is 11.4. The van der Waals surface area contributed by atoms with Gasteiger partial charge >= 0.3 is 6.36 Å². The van der Waals surface area contributed by atoms with Crippen LogP contribution in [0.2, 0.25) is 0 Å². The number of halogens is 3. The van der Waals surface area contributed by atoms with Gasteiger partial charge in [0.15, 0.2) is 0 Å². The topological polar surface area (TPSA) is 52.9 Å². The van der Waals surface area contributed by atoms with Gasteiger partial charge in [-0.05, 0) is 30.5 Å². The number of rotatable bonds is 4. The summed E-state index contributed by atoms with van der Waals surface area (Å²) in [5.74, 6) is -0.251. The molecule has 1 aromatic carbocycles. The maximum absolute atomic E-state index is 12.1. The minimum Gasteiger partial charge on any atom is -0.406 e. The Balaban J connectivity index is 1.96. The summed E-state index contributed by atoms with van der Waals surface area (Å²) in [4.78, 5) is 2.02. The molecule has 1 aromatic rings. The van der Waals surface area contributed by atoms with Crippen molar-refractivity contribution in [2.45, 2.75) is 37.9 Å². The van der Waals surface area contributed by atoms with E-state index < -0.39 is 12.5 Å². The standard InChI is InChI=1S/C14H18F3NO3/c15-14(16,17)21-13-3-1-10(2-4-13)8-18-6-5-12(20)7-11(18)9-19/h1-4,11-12,19-20H,5-9H2. The summed E-state index contributed by atoms with van der Waals surface area (Å²) in [7, 11) is 0. The van der Waals surface area contributed by atoms with Crippen LogP contribution in [0.1, 0.15) is 18.4 Å². The summed E-state index contributed by atoms with van der Waals surface area (Å²) in [5, 5.41) is 18.9. The summed E-state index contributed by atoms with van der Waals surface area (Å²) in [6, 6.07) is 5.56. The first-order chi connectivity index (χ1) is 9.87.